The molecule has 0 fully saturated rings. The van der Waals surface area contributed by atoms with Crippen LogP contribution in [-0.4, -0.2) is 10.8 Å². The van der Waals surface area contributed by atoms with Crippen LogP contribution >= 0.6 is 0 Å². The van der Waals surface area contributed by atoms with E-state index in [2.05, 4.69) is 4.98 Å². The average molecular weight is 276 g/mol. The molecule has 1 aromatic heterocycles. The highest BCUT2D eigenvalue weighted by atomic mass is 16.1. The molecule has 2 N–H and O–H groups in total. The van der Waals surface area contributed by atoms with Crippen LogP contribution < -0.4 is 5.73 Å². The number of nitrogens with zero attached hydrogens (tertiary/aromatic N) is 1. The lowest BCUT2D eigenvalue weighted by Crippen LogP contribution is -2.09. The van der Waals surface area contributed by atoms with Gasteiger partial charge in [-0.1, -0.05) is 48.5 Å². The van der Waals surface area contributed by atoms with E-state index in [0.29, 0.717) is 18.5 Å². The molecule has 3 rings (SSSR count). The molecule has 0 saturated carbocycles. The lowest BCUT2D eigenvalue weighted by Gasteiger charge is -2.08. The number of carbonyl (C=O) groups is 1. The van der Waals surface area contributed by atoms with Gasteiger partial charge < -0.3 is 5.73 Å². The van der Waals surface area contributed by atoms with Crippen molar-refractivity contribution in [1.29, 1.82) is 0 Å². The lowest BCUT2D eigenvalue weighted by atomic mass is 9.97. The van der Waals surface area contributed by atoms with E-state index >= 15 is 0 Å². The average Bonchev–Trinajstić information content (AvgIpc) is 2.54. The zero-order valence-electron chi connectivity index (χ0n) is 11.6. The Morgan fingerprint density at radius 3 is 2.48 bits per heavy atom. The minimum Gasteiger partial charge on any atom is -0.326 e. The summed E-state index contributed by atoms with van der Waals surface area (Å²) in [6.45, 7) is 0.442. The normalized spacial score (nSPS) is 10.7. The number of pyridine rings is 1. The standard InChI is InChI=1S/C18H16N2O/c19-10-14-6-2-1-5-13(14)9-18(21)17-12-20-11-15-7-3-4-8-16(15)17/h1-8,11-12H,9-10,19H2. The number of ketones is 1. The van der Waals surface area contributed by atoms with E-state index in [1.165, 1.54) is 0 Å². The summed E-state index contributed by atoms with van der Waals surface area (Å²) < 4.78 is 0. The predicted molar refractivity (Wildman–Crippen MR) is 84.1 cm³/mol. The van der Waals surface area contributed by atoms with Gasteiger partial charge in [-0.25, -0.2) is 0 Å². The second kappa shape index (κ2) is 5.85. The number of carbonyl (C=O) groups excluding carboxylic acids is 1. The Kier molecular flexibility index (Phi) is 3.75. The van der Waals surface area contributed by atoms with Crippen molar-refractivity contribution in [3.8, 4) is 0 Å². The fraction of sp³-hybridized carbons (Fsp3) is 0.111. The van der Waals surface area contributed by atoms with E-state index in [0.717, 1.165) is 21.9 Å². The Labute approximate surface area is 123 Å². The minimum absolute atomic E-state index is 0.0696. The maximum Gasteiger partial charge on any atom is 0.169 e. The van der Waals surface area contributed by atoms with Crippen molar-refractivity contribution in [2.75, 3.05) is 0 Å². The van der Waals surface area contributed by atoms with Crippen molar-refractivity contribution >= 4 is 16.6 Å². The van der Waals surface area contributed by atoms with Gasteiger partial charge >= 0.3 is 0 Å². The van der Waals surface area contributed by atoms with Crippen molar-refractivity contribution in [3.05, 3.63) is 77.6 Å². The van der Waals surface area contributed by atoms with Gasteiger partial charge in [-0.05, 0) is 16.5 Å². The number of hydrogen-bond donors (Lipinski definition) is 1. The number of fused-ring (bicyclic) bond motifs is 1. The molecule has 3 heteroatoms. The Hall–Kier alpha value is -2.52. The van der Waals surface area contributed by atoms with Gasteiger partial charge in [0.05, 0.1) is 0 Å². The Morgan fingerprint density at radius 1 is 0.952 bits per heavy atom. The summed E-state index contributed by atoms with van der Waals surface area (Å²) in [5.74, 6) is 0.0696. The van der Waals surface area contributed by atoms with Gasteiger partial charge in [-0.15, -0.1) is 0 Å². The van der Waals surface area contributed by atoms with Crippen LogP contribution in [0.4, 0.5) is 0 Å². The molecule has 1 heterocycles. The molecule has 0 spiro atoms. The second-order valence-corrected chi connectivity index (χ2v) is 4.98. The maximum absolute atomic E-state index is 12.6. The second-order valence-electron chi connectivity index (χ2n) is 4.98. The third-order valence-electron chi connectivity index (χ3n) is 3.66. The van der Waals surface area contributed by atoms with Gasteiger partial charge in [0, 0.05) is 36.3 Å². The molecule has 3 nitrogen and oxygen atoms in total. The summed E-state index contributed by atoms with van der Waals surface area (Å²) in [6.07, 6.45) is 3.78. The third-order valence-corrected chi connectivity index (χ3v) is 3.66. The molecular formula is C18H16N2O. The molecule has 0 atom stereocenters. The number of aromatic nitrogens is 1. The number of nitrogens with two attached hydrogens (primary N) is 1. The van der Waals surface area contributed by atoms with Crippen molar-refractivity contribution in [3.63, 3.8) is 0 Å². The van der Waals surface area contributed by atoms with E-state index in [1.54, 1.807) is 12.4 Å². The van der Waals surface area contributed by atoms with Crippen molar-refractivity contribution < 1.29 is 4.79 Å². The van der Waals surface area contributed by atoms with Crippen molar-refractivity contribution in [2.24, 2.45) is 5.73 Å². The number of benzene rings is 2. The summed E-state index contributed by atoms with van der Waals surface area (Å²) in [5.41, 5.74) is 8.40. The van der Waals surface area contributed by atoms with Crippen LogP contribution in [0.15, 0.2) is 60.9 Å². The first kappa shape index (κ1) is 13.5. The molecular weight excluding hydrogens is 260 g/mol. The SMILES string of the molecule is NCc1ccccc1CC(=O)c1cncc2ccccc12. The molecule has 3 aromatic rings. The van der Waals surface area contributed by atoms with Crippen LogP contribution in [-0.2, 0) is 13.0 Å². The topological polar surface area (TPSA) is 56.0 Å². The van der Waals surface area contributed by atoms with E-state index in [4.69, 9.17) is 5.73 Å². The van der Waals surface area contributed by atoms with Crippen LogP contribution in [0.2, 0.25) is 0 Å². The van der Waals surface area contributed by atoms with Crippen LogP contribution in [0.25, 0.3) is 10.8 Å². The Morgan fingerprint density at radius 2 is 1.67 bits per heavy atom. The number of hydrogen-bond acceptors (Lipinski definition) is 3. The van der Waals surface area contributed by atoms with E-state index in [-0.39, 0.29) is 5.78 Å². The predicted octanol–water partition coefficient (Wildman–Crippen LogP) is 3.12. The quantitative estimate of drug-likeness (QED) is 0.745. The highest BCUT2D eigenvalue weighted by molar-refractivity contribution is 6.08. The fourth-order valence-corrected chi connectivity index (χ4v) is 2.54. The van der Waals surface area contributed by atoms with Gasteiger partial charge in [0.25, 0.3) is 0 Å². The molecule has 0 unspecified atom stereocenters. The van der Waals surface area contributed by atoms with E-state index in [9.17, 15) is 4.79 Å². The highest BCUT2D eigenvalue weighted by Crippen LogP contribution is 2.19. The maximum atomic E-state index is 12.6. The minimum atomic E-state index is 0.0696. The summed E-state index contributed by atoms with van der Waals surface area (Å²) in [7, 11) is 0. The zero-order valence-corrected chi connectivity index (χ0v) is 11.6. The molecule has 0 aliphatic rings. The van der Waals surface area contributed by atoms with Gasteiger partial charge in [-0.3, -0.25) is 9.78 Å². The number of Topliss-reactive ketones (excluding diaryl/α,β-unsaturated/α-hetero) is 1. The molecule has 2 aromatic carbocycles. The van der Waals surface area contributed by atoms with Crippen molar-refractivity contribution in [2.45, 2.75) is 13.0 Å². The van der Waals surface area contributed by atoms with Crippen molar-refractivity contribution in [1.82, 2.24) is 4.98 Å². The molecule has 0 saturated heterocycles. The largest absolute Gasteiger partial charge is 0.326 e. The summed E-state index contributed by atoms with van der Waals surface area (Å²) in [4.78, 5) is 16.8. The first-order valence-corrected chi connectivity index (χ1v) is 6.92. The molecule has 0 radical (unpaired) electrons. The number of rotatable bonds is 4. The van der Waals surface area contributed by atoms with Crippen LogP contribution in [0.3, 0.4) is 0 Å². The molecule has 0 aliphatic carbocycles. The first-order chi connectivity index (χ1) is 10.3. The molecule has 0 aliphatic heterocycles. The fourth-order valence-electron chi connectivity index (χ4n) is 2.54. The third kappa shape index (κ3) is 2.69. The Bertz CT molecular complexity index is 791. The van der Waals surface area contributed by atoms with Crippen LogP contribution in [0.1, 0.15) is 21.5 Å². The summed E-state index contributed by atoms with van der Waals surface area (Å²) >= 11 is 0. The molecule has 104 valence electrons. The lowest BCUT2D eigenvalue weighted by molar-refractivity contribution is 0.0994. The van der Waals surface area contributed by atoms with Gasteiger partial charge in [0.1, 0.15) is 0 Å². The Balaban J connectivity index is 1.98. The van der Waals surface area contributed by atoms with E-state index < -0.39 is 0 Å². The zero-order chi connectivity index (χ0) is 14.7. The summed E-state index contributed by atoms with van der Waals surface area (Å²) in [6, 6.07) is 15.6. The van der Waals surface area contributed by atoms with Crippen LogP contribution in [0, 0.1) is 0 Å². The highest BCUT2D eigenvalue weighted by Gasteiger charge is 2.12. The van der Waals surface area contributed by atoms with Crippen LogP contribution in [0.5, 0.6) is 0 Å². The monoisotopic (exact) mass is 276 g/mol. The van der Waals surface area contributed by atoms with E-state index in [1.807, 2.05) is 48.5 Å². The van der Waals surface area contributed by atoms with Gasteiger partial charge in [0.15, 0.2) is 5.78 Å². The van der Waals surface area contributed by atoms with Gasteiger partial charge in [-0.2, -0.15) is 0 Å². The van der Waals surface area contributed by atoms with Gasteiger partial charge in [0.2, 0.25) is 0 Å². The first-order valence-electron chi connectivity index (χ1n) is 6.92. The molecule has 21 heavy (non-hydrogen) atoms. The summed E-state index contributed by atoms with van der Waals surface area (Å²) in [5, 5.41) is 1.93. The smallest absolute Gasteiger partial charge is 0.169 e. The molecule has 0 amide bonds. The molecule has 0 bridgehead atoms.